The van der Waals surface area contributed by atoms with Gasteiger partial charge in [-0.25, -0.2) is 4.79 Å². The van der Waals surface area contributed by atoms with E-state index in [1.54, 1.807) is 17.2 Å². The van der Waals surface area contributed by atoms with Gasteiger partial charge in [-0.15, -0.1) is 5.06 Å². The molecule has 2 fully saturated rings. The van der Waals surface area contributed by atoms with Gasteiger partial charge in [0.05, 0.1) is 11.7 Å². The van der Waals surface area contributed by atoms with Crippen molar-refractivity contribution in [2.75, 3.05) is 32.7 Å². The fourth-order valence-electron chi connectivity index (χ4n) is 5.52. The first-order valence-electron chi connectivity index (χ1n) is 11.8. The van der Waals surface area contributed by atoms with E-state index in [2.05, 4.69) is 41.3 Å². The molecule has 5 heteroatoms. The number of hydroxylamine groups is 2. The summed E-state index contributed by atoms with van der Waals surface area (Å²) in [6.45, 7) is 4.11. The largest absolute Gasteiger partial charge is 0.392 e. The lowest BCUT2D eigenvalue weighted by Gasteiger charge is -2.41. The van der Waals surface area contributed by atoms with E-state index in [-0.39, 0.29) is 23.4 Å². The first kappa shape index (κ1) is 21.4. The third kappa shape index (κ3) is 4.38. The molecule has 2 aromatic carbocycles. The zero-order valence-electron chi connectivity index (χ0n) is 18.5. The van der Waals surface area contributed by atoms with Crippen LogP contribution in [0.3, 0.4) is 0 Å². The fourth-order valence-corrected chi connectivity index (χ4v) is 5.52. The minimum atomic E-state index is -0.331. The van der Waals surface area contributed by atoms with Crippen LogP contribution < -0.4 is 0 Å². The van der Waals surface area contributed by atoms with Gasteiger partial charge in [0.2, 0.25) is 0 Å². The van der Waals surface area contributed by atoms with Gasteiger partial charge in [0.15, 0.2) is 0 Å². The Morgan fingerprint density at radius 1 is 1.00 bits per heavy atom. The molecule has 1 atom stereocenters. The highest BCUT2D eigenvalue weighted by Crippen LogP contribution is 2.43. The number of piperidine rings is 2. The van der Waals surface area contributed by atoms with E-state index >= 15 is 0 Å². The zero-order valence-corrected chi connectivity index (χ0v) is 18.5. The molecule has 1 N–H and O–H groups in total. The number of β-amino-alcohol motifs (C(OH)–C–C–N with tert-alkyl or cyclic N) is 1. The van der Waals surface area contributed by atoms with Crippen LogP contribution in [-0.2, 0) is 10.3 Å². The topological polar surface area (TPSA) is 53.0 Å². The smallest absolute Gasteiger partial charge is 0.357 e. The van der Waals surface area contributed by atoms with Gasteiger partial charge in [0, 0.05) is 25.0 Å². The molecule has 3 aliphatic rings. The number of allylic oxidation sites excluding steroid dienone is 1. The maximum absolute atomic E-state index is 12.2. The molecule has 0 saturated carbocycles. The highest BCUT2D eigenvalue weighted by molar-refractivity contribution is 5.89. The summed E-state index contributed by atoms with van der Waals surface area (Å²) in [5.41, 5.74) is 3.59. The SMILES string of the molecule is O=C(ON1CCC(C(O)CN2CCC3(C=Cc4ccccc43)CC2)CC1)c1ccccc1. The van der Waals surface area contributed by atoms with E-state index in [0.29, 0.717) is 18.7 Å². The predicted octanol–water partition coefficient (Wildman–Crippen LogP) is 3.89. The lowest BCUT2D eigenvalue weighted by atomic mass is 9.74. The number of hydrogen-bond donors (Lipinski definition) is 1. The Hall–Kier alpha value is -2.47. The molecule has 5 rings (SSSR count). The van der Waals surface area contributed by atoms with Gasteiger partial charge in [0.1, 0.15) is 0 Å². The predicted molar refractivity (Wildman–Crippen MR) is 125 cm³/mol. The van der Waals surface area contributed by atoms with Crippen molar-refractivity contribution in [3.8, 4) is 0 Å². The van der Waals surface area contributed by atoms with Crippen molar-refractivity contribution in [1.29, 1.82) is 0 Å². The van der Waals surface area contributed by atoms with Gasteiger partial charge in [0.25, 0.3) is 0 Å². The van der Waals surface area contributed by atoms with Gasteiger partial charge in [-0.2, -0.15) is 0 Å². The van der Waals surface area contributed by atoms with Crippen LogP contribution in [0.15, 0.2) is 60.7 Å². The summed E-state index contributed by atoms with van der Waals surface area (Å²) in [7, 11) is 0. The monoisotopic (exact) mass is 432 g/mol. The summed E-state index contributed by atoms with van der Waals surface area (Å²) in [5.74, 6) is -0.0564. The van der Waals surface area contributed by atoms with Crippen molar-refractivity contribution < 1.29 is 14.7 Å². The Balaban J connectivity index is 1.08. The molecule has 2 heterocycles. The van der Waals surface area contributed by atoms with Gasteiger partial charge in [-0.05, 0) is 68.0 Å². The summed E-state index contributed by atoms with van der Waals surface area (Å²) in [6, 6.07) is 17.8. The summed E-state index contributed by atoms with van der Waals surface area (Å²) in [4.78, 5) is 20.2. The first-order chi connectivity index (χ1) is 15.6. The lowest BCUT2D eigenvalue weighted by molar-refractivity contribution is -0.133. The van der Waals surface area contributed by atoms with Crippen molar-refractivity contribution >= 4 is 12.0 Å². The summed E-state index contributed by atoms with van der Waals surface area (Å²) < 4.78 is 0. The minimum absolute atomic E-state index is 0.187. The molecular weight excluding hydrogens is 400 g/mol. The van der Waals surface area contributed by atoms with Crippen LogP contribution in [0.1, 0.15) is 47.2 Å². The van der Waals surface area contributed by atoms with E-state index < -0.39 is 0 Å². The number of likely N-dealkylation sites (tertiary alicyclic amines) is 1. The molecule has 0 amide bonds. The second-order valence-electron chi connectivity index (χ2n) is 9.46. The summed E-state index contributed by atoms with van der Waals surface area (Å²) in [5, 5.41) is 12.6. The summed E-state index contributed by atoms with van der Waals surface area (Å²) >= 11 is 0. The molecule has 2 aliphatic heterocycles. The molecule has 2 aromatic rings. The summed E-state index contributed by atoms with van der Waals surface area (Å²) in [6.07, 6.45) is 8.26. The quantitative estimate of drug-likeness (QED) is 0.777. The van der Waals surface area contributed by atoms with Crippen molar-refractivity contribution in [3.05, 3.63) is 77.4 Å². The number of aliphatic hydroxyl groups is 1. The van der Waals surface area contributed by atoms with E-state index in [1.807, 2.05) is 18.2 Å². The molecule has 1 spiro atoms. The minimum Gasteiger partial charge on any atom is -0.392 e. The van der Waals surface area contributed by atoms with E-state index in [0.717, 1.165) is 45.3 Å². The number of carbonyl (C=O) groups excluding carboxylic acids is 1. The maximum atomic E-state index is 12.2. The van der Waals surface area contributed by atoms with Crippen molar-refractivity contribution in [1.82, 2.24) is 9.96 Å². The molecule has 0 radical (unpaired) electrons. The van der Waals surface area contributed by atoms with E-state index in [4.69, 9.17) is 4.84 Å². The molecule has 5 nitrogen and oxygen atoms in total. The van der Waals surface area contributed by atoms with Crippen LogP contribution in [0.2, 0.25) is 0 Å². The number of carbonyl (C=O) groups is 1. The standard InChI is InChI=1S/C27H32N2O3/c30-25(22-11-16-29(17-12-22)32-26(31)23-7-2-1-3-8-23)20-28-18-14-27(15-19-28)13-10-21-6-4-5-9-24(21)27/h1-10,13,22,25,30H,11-12,14-20H2. The van der Waals surface area contributed by atoms with Crippen LogP contribution in [0.5, 0.6) is 0 Å². The van der Waals surface area contributed by atoms with Crippen LogP contribution in [-0.4, -0.2) is 59.9 Å². The number of rotatable bonds is 5. The Bertz CT molecular complexity index is 958. The van der Waals surface area contributed by atoms with Crippen molar-refractivity contribution in [3.63, 3.8) is 0 Å². The number of hydrogen-bond acceptors (Lipinski definition) is 5. The van der Waals surface area contributed by atoms with Crippen LogP contribution in [0.4, 0.5) is 0 Å². The second kappa shape index (κ2) is 9.18. The third-order valence-electron chi connectivity index (χ3n) is 7.54. The lowest BCUT2D eigenvalue weighted by Crippen LogP contribution is -2.47. The number of nitrogens with zero attached hydrogens (tertiary/aromatic N) is 2. The second-order valence-corrected chi connectivity index (χ2v) is 9.46. The molecule has 0 aromatic heterocycles. The van der Waals surface area contributed by atoms with E-state index in [9.17, 15) is 9.90 Å². The highest BCUT2D eigenvalue weighted by atomic mass is 16.7. The maximum Gasteiger partial charge on any atom is 0.357 e. The Morgan fingerprint density at radius 2 is 1.69 bits per heavy atom. The number of benzene rings is 2. The Labute approximate surface area is 190 Å². The van der Waals surface area contributed by atoms with Crippen LogP contribution in [0.25, 0.3) is 6.08 Å². The molecule has 168 valence electrons. The van der Waals surface area contributed by atoms with Crippen LogP contribution >= 0.6 is 0 Å². The fraction of sp³-hybridized carbons (Fsp3) is 0.444. The van der Waals surface area contributed by atoms with E-state index in [1.165, 1.54) is 11.1 Å². The third-order valence-corrected chi connectivity index (χ3v) is 7.54. The average Bonchev–Trinajstić information content (AvgIpc) is 3.20. The van der Waals surface area contributed by atoms with Crippen molar-refractivity contribution in [2.24, 2.45) is 5.92 Å². The molecule has 32 heavy (non-hydrogen) atoms. The Kier molecular flexibility index (Phi) is 6.13. The average molecular weight is 433 g/mol. The van der Waals surface area contributed by atoms with Gasteiger partial charge < -0.3 is 14.8 Å². The molecule has 1 aliphatic carbocycles. The normalized spacial score (nSPS) is 22.0. The molecule has 2 saturated heterocycles. The molecule has 0 bridgehead atoms. The van der Waals surface area contributed by atoms with Crippen molar-refractivity contribution in [2.45, 2.75) is 37.2 Å². The van der Waals surface area contributed by atoms with Gasteiger partial charge >= 0.3 is 5.97 Å². The number of aliphatic hydroxyl groups excluding tert-OH is 1. The highest BCUT2D eigenvalue weighted by Gasteiger charge is 2.38. The molecule has 1 unspecified atom stereocenters. The molecular formula is C27H32N2O3. The van der Waals surface area contributed by atoms with Crippen LogP contribution in [0, 0.1) is 5.92 Å². The van der Waals surface area contributed by atoms with Gasteiger partial charge in [-0.1, -0.05) is 54.6 Å². The Morgan fingerprint density at radius 3 is 2.44 bits per heavy atom. The number of fused-ring (bicyclic) bond motifs is 2. The first-order valence-corrected chi connectivity index (χ1v) is 11.8. The zero-order chi connectivity index (χ0) is 22.0. The van der Waals surface area contributed by atoms with Gasteiger partial charge in [-0.3, -0.25) is 0 Å².